The van der Waals surface area contributed by atoms with Crippen LogP contribution in [0.5, 0.6) is 0 Å². The molecule has 4 rings (SSSR count). The van der Waals surface area contributed by atoms with E-state index in [0.29, 0.717) is 27.4 Å². The first-order chi connectivity index (χ1) is 14.3. The lowest BCUT2D eigenvalue weighted by Crippen LogP contribution is -2.12. The molecule has 1 N–H and O–H groups in total. The molecule has 7 nitrogen and oxygen atoms in total. The average Bonchev–Trinajstić information content (AvgIpc) is 3.08. The summed E-state index contributed by atoms with van der Waals surface area (Å²) in [6.07, 6.45) is 0. The SMILES string of the molecule is CC(=O)OCc1cc(-c2nc3ccccc3[nH]c2=O)nn1-c1c(Cl)cc(Cl)cc1Cl. The van der Waals surface area contributed by atoms with E-state index in [-0.39, 0.29) is 28.0 Å². The maximum atomic E-state index is 12.6. The minimum Gasteiger partial charge on any atom is -0.459 e. The summed E-state index contributed by atoms with van der Waals surface area (Å²) in [6, 6.07) is 11.8. The third-order valence-electron chi connectivity index (χ3n) is 4.24. The van der Waals surface area contributed by atoms with E-state index in [9.17, 15) is 9.59 Å². The minimum absolute atomic E-state index is 0.108. The van der Waals surface area contributed by atoms with Crippen LogP contribution in [0, 0.1) is 0 Å². The van der Waals surface area contributed by atoms with Crippen molar-refractivity contribution in [1.29, 1.82) is 0 Å². The molecule has 2 aromatic carbocycles. The molecule has 0 bridgehead atoms. The first kappa shape index (κ1) is 20.4. The summed E-state index contributed by atoms with van der Waals surface area (Å²) in [5.41, 5.74) is 1.96. The lowest BCUT2D eigenvalue weighted by atomic mass is 10.2. The van der Waals surface area contributed by atoms with Gasteiger partial charge in [0.05, 0.1) is 26.8 Å². The van der Waals surface area contributed by atoms with Gasteiger partial charge in [-0.1, -0.05) is 46.9 Å². The summed E-state index contributed by atoms with van der Waals surface area (Å²) in [5.74, 6) is -0.473. The van der Waals surface area contributed by atoms with E-state index in [4.69, 9.17) is 39.5 Å². The molecular formula is C20H13Cl3N4O3. The number of aromatic nitrogens is 4. The second-order valence-corrected chi connectivity index (χ2v) is 7.61. The lowest BCUT2D eigenvalue weighted by Gasteiger charge is -2.11. The van der Waals surface area contributed by atoms with E-state index in [0.717, 1.165) is 0 Å². The Morgan fingerprint density at radius 3 is 2.53 bits per heavy atom. The van der Waals surface area contributed by atoms with E-state index < -0.39 is 11.5 Å². The molecule has 0 unspecified atom stereocenters. The van der Waals surface area contributed by atoms with Crippen molar-refractivity contribution < 1.29 is 9.53 Å². The van der Waals surface area contributed by atoms with Crippen LogP contribution in [0.3, 0.4) is 0 Å². The topological polar surface area (TPSA) is 89.9 Å². The Morgan fingerprint density at radius 2 is 1.83 bits per heavy atom. The molecule has 152 valence electrons. The van der Waals surface area contributed by atoms with Gasteiger partial charge in [-0.15, -0.1) is 0 Å². The number of hydrogen-bond donors (Lipinski definition) is 1. The number of hydrogen-bond acceptors (Lipinski definition) is 5. The number of halogens is 3. The number of rotatable bonds is 4. The molecule has 0 aliphatic carbocycles. The number of carbonyl (C=O) groups is 1. The highest BCUT2D eigenvalue weighted by Gasteiger charge is 2.20. The van der Waals surface area contributed by atoms with Gasteiger partial charge in [0.25, 0.3) is 5.56 Å². The first-order valence-electron chi connectivity index (χ1n) is 8.70. The Bertz CT molecular complexity index is 1320. The standard InChI is InChI=1S/C20H13Cl3N4O3/c1-10(28)30-9-12-8-17(18-20(29)25-16-5-3-2-4-15(16)24-18)26-27(12)19-13(22)6-11(21)7-14(19)23/h2-8H,9H2,1H3,(H,25,29). The molecule has 0 fully saturated rings. The molecule has 0 saturated carbocycles. The maximum absolute atomic E-state index is 12.6. The summed E-state index contributed by atoms with van der Waals surface area (Å²) in [4.78, 5) is 31.2. The van der Waals surface area contributed by atoms with Crippen molar-refractivity contribution in [3.05, 3.63) is 73.6 Å². The van der Waals surface area contributed by atoms with Crippen molar-refractivity contribution >= 4 is 51.8 Å². The molecule has 0 aliphatic heterocycles. The van der Waals surface area contributed by atoms with Gasteiger partial charge in [-0.3, -0.25) is 9.59 Å². The first-order valence-corrected chi connectivity index (χ1v) is 9.83. The smallest absolute Gasteiger partial charge is 0.303 e. The van der Waals surface area contributed by atoms with Crippen LogP contribution in [-0.2, 0) is 16.1 Å². The van der Waals surface area contributed by atoms with E-state index in [1.165, 1.54) is 23.7 Å². The summed E-state index contributed by atoms with van der Waals surface area (Å²) < 4.78 is 6.54. The van der Waals surface area contributed by atoms with Gasteiger partial charge in [0.2, 0.25) is 0 Å². The zero-order valence-electron chi connectivity index (χ0n) is 15.4. The summed E-state index contributed by atoms with van der Waals surface area (Å²) in [7, 11) is 0. The fourth-order valence-corrected chi connectivity index (χ4v) is 3.92. The van der Waals surface area contributed by atoms with Crippen LogP contribution in [-0.4, -0.2) is 25.7 Å². The molecular weight excluding hydrogens is 451 g/mol. The summed E-state index contributed by atoms with van der Waals surface area (Å²) >= 11 is 18.7. The van der Waals surface area contributed by atoms with Crippen LogP contribution in [0.4, 0.5) is 0 Å². The predicted octanol–water partition coefficient (Wildman–Crippen LogP) is 4.80. The Hall–Kier alpha value is -2.87. The molecule has 2 aromatic heterocycles. The van der Waals surface area contributed by atoms with E-state index in [2.05, 4.69) is 15.1 Å². The minimum atomic E-state index is -0.473. The van der Waals surface area contributed by atoms with Crippen LogP contribution in [0.25, 0.3) is 28.1 Å². The highest BCUT2D eigenvalue weighted by Crippen LogP contribution is 2.33. The van der Waals surface area contributed by atoms with Gasteiger partial charge in [-0.2, -0.15) is 5.10 Å². The van der Waals surface area contributed by atoms with Crippen LogP contribution < -0.4 is 5.56 Å². The van der Waals surface area contributed by atoms with Crippen LogP contribution in [0.15, 0.2) is 47.3 Å². The summed E-state index contributed by atoms with van der Waals surface area (Å²) in [6.45, 7) is 1.18. The van der Waals surface area contributed by atoms with Crippen LogP contribution in [0.2, 0.25) is 15.1 Å². The van der Waals surface area contributed by atoms with Crippen molar-refractivity contribution in [1.82, 2.24) is 19.7 Å². The molecule has 0 amide bonds. The van der Waals surface area contributed by atoms with Gasteiger partial charge >= 0.3 is 5.97 Å². The normalized spacial score (nSPS) is 11.1. The number of carbonyl (C=O) groups excluding carboxylic acids is 1. The van der Waals surface area contributed by atoms with Crippen molar-refractivity contribution in [3.8, 4) is 17.1 Å². The Kier molecular flexibility index (Phi) is 5.51. The fourth-order valence-electron chi connectivity index (χ4n) is 2.95. The van der Waals surface area contributed by atoms with Crippen LogP contribution >= 0.6 is 34.8 Å². The second-order valence-electron chi connectivity index (χ2n) is 6.36. The average molecular weight is 464 g/mol. The quantitative estimate of drug-likeness (QED) is 0.439. The zero-order chi connectivity index (χ0) is 21.4. The lowest BCUT2D eigenvalue weighted by molar-refractivity contribution is -0.142. The highest BCUT2D eigenvalue weighted by molar-refractivity contribution is 6.40. The molecule has 2 heterocycles. The molecule has 10 heteroatoms. The van der Waals surface area contributed by atoms with E-state index in [1.54, 1.807) is 24.3 Å². The number of aromatic amines is 1. The number of esters is 1. The molecule has 30 heavy (non-hydrogen) atoms. The van der Waals surface area contributed by atoms with Gasteiger partial charge in [-0.25, -0.2) is 9.67 Å². The number of nitrogens with zero attached hydrogens (tertiary/aromatic N) is 3. The molecule has 0 aliphatic rings. The van der Waals surface area contributed by atoms with Crippen molar-refractivity contribution in [2.75, 3.05) is 0 Å². The number of fused-ring (bicyclic) bond motifs is 1. The Morgan fingerprint density at radius 1 is 1.13 bits per heavy atom. The van der Waals surface area contributed by atoms with Gasteiger partial charge in [0, 0.05) is 11.9 Å². The number of ether oxygens (including phenoxy) is 1. The highest BCUT2D eigenvalue weighted by atomic mass is 35.5. The van der Waals surface area contributed by atoms with Crippen molar-refractivity contribution in [2.24, 2.45) is 0 Å². The van der Waals surface area contributed by atoms with Crippen molar-refractivity contribution in [2.45, 2.75) is 13.5 Å². The van der Waals surface area contributed by atoms with Crippen LogP contribution in [0.1, 0.15) is 12.6 Å². The molecule has 4 aromatic rings. The number of benzene rings is 2. The third-order valence-corrected chi connectivity index (χ3v) is 5.04. The Balaban J connectivity index is 1.91. The fraction of sp³-hybridized carbons (Fsp3) is 0.100. The van der Waals surface area contributed by atoms with E-state index >= 15 is 0 Å². The molecule has 0 atom stereocenters. The monoisotopic (exact) mass is 462 g/mol. The molecule has 0 spiro atoms. The number of H-pyrrole nitrogens is 1. The Labute approximate surface area is 185 Å². The van der Waals surface area contributed by atoms with Gasteiger partial charge < -0.3 is 9.72 Å². The van der Waals surface area contributed by atoms with Crippen molar-refractivity contribution in [3.63, 3.8) is 0 Å². The second kappa shape index (κ2) is 8.10. The zero-order valence-corrected chi connectivity index (χ0v) is 17.7. The van der Waals surface area contributed by atoms with Gasteiger partial charge in [0.1, 0.15) is 18.0 Å². The van der Waals surface area contributed by atoms with Gasteiger partial charge in [0.15, 0.2) is 5.69 Å². The number of para-hydroxylation sites is 2. The van der Waals surface area contributed by atoms with E-state index in [1.807, 2.05) is 6.07 Å². The number of nitrogens with one attached hydrogen (secondary N) is 1. The predicted molar refractivity (Wildman–Crippen MR) is 115 cm³/mol. The van der Waals surface area contributed by atoms with Gasteiger partial charge in [-0.05, 0) is 30.3 Å². The summed E-state index contributed by atoms with van der Waals surface area (Å²) in [5, 5.41) is 5.32. The third kappa shape index (κ3) is 3.92. The molecule has 0 saturated heterocycles. The largest absolute Gasteiger partial charge is 0.459 e. The maximum Gasteiger partial charge on any atom is 0.303 e. The molecule has 0 radical (unpaired) electrons.